The number of rotatable bonds is 13. The number of carbonyl (C=O) groups is 4. The minimum Gasteiger partial charge on any atom is -0.480 e. The number of thioether (sulfide) groups is 1. The number of hydrogen-bond donors (Lipinski definition) is 6. The molecule has 166 valence electrons. The molecule has 0 aliphatic heterocycles. The number of aliphatic hydroxyl groups excluding tert-OH is 1. The van der Waals surface area contributed by atoms with E-state index in [-0.39, 0.29) is 6.42 Å². The lowest BCUT2D eigenvalue weighted by atomic mass is 10.1. The molecule has 0 radical (unpaired) electrons. The number of carboxylic acids is 1. The number of nitrogens with one attached hydrogen (secondary N) is 3. The highest BCUT2D eigenvalue weighted by Crippen LogP contribution is 2.02. The second kappa shape index (κ2) is 13.6. The van der Waals surface area contributed by atoms with Crippen LogP contribution < -0.4 is 21.7 Å². The van der Waals surface area contributed by atoms with Gasteiger partial charge < -0.3 is 31.9 Å². The molecule has 0 heterocycles. The van der Waals surface area contributed by atoms with Gasteiger partial charge >= 0.3 is 5.97 Å². The molecule has 1 rings (SSSR count). The van der Waals surface area contributed by atoms with Crippen LogP contribution in [0.5, 0.6) is 0 Å². The second-order valence-corrected chi connectivity index (χ2v) is 7.48. The van der Waals surface area contributed by atoms with Gasteiger partial charge in [0, 0.05) is 0 Å². The normalized spacial score (nSPS) is 13.6. The van der Waals surface area contributed by atoms with Crippen LogP contribution in [-0.4, -0.2) is 77.2 Å². The molecule has 1 aromatic rings. The Kier molecular flexibility index (Phi) is 11.5. The zero-order valence-corrected chi connectivity index (χ0v) is 17.5. The van der Waals surface area contributed by atoms with Gasteiger partial charge in [0.2, 0.25) is 17.7 Å². The minimum atomic E-state index is -1.34. The first kappa shape index (κ1) is 25.4. The summed E-state index contributed by atoms with van der Waals surface area (Å²) in [5.74, 6) is -2.78. The summed E-state index contributed by atoms with van der Waals surface area (Å²) in [6, 6.07) is 5.81. The molecule has 7 N–H and O–H groups in total. The summed E-state index contributed by atoms with van der Waals surface area (Å²) in [6.07, 6.45) is 2.30. The van der Waals surface area contributed by atoms with E-state index >= 15 is 0 Å². The van der Waals surface area contributed by atoms with E-state index in [0.29, 0.717) is 12.2 Å². The molecule has 3 atom stereocenters. The van der Waals surface area contributed by atoms with Gasteiger partial charge in [-0.2, -0.15) is 11.8 Å². The molecule has 0 aliphatic rings. The Labute approximate surface area is 179 Å². The number of carboxylic acid groups (broad SMARTS) is 1. The molecular formula is C19H28N4O6S. The average molecular weight is 441 g/mol. The summed E-state index contributed by atoms with van der Waals surface area (Å²) in [7, 11) is 0. The number of aliphatic carboxylic acids is 1. The van der Waals surface area contributed by atoms with E-state index in [2.05, 4.69) is 16.0 Å². The van der Waals surface area contributed by atoms with Crippen molar-refractivity contribution in [2.24, 2.45) is 5.73 Å². The lowest BCUT2D eigenvalue weighted by Crippen LogP contribution is -2.55. The molecule has 0 spiro atoms. The first-order valence-electron chi connectivity index (χ1n) is 9.28. The molecule has 1 aromatic carbocycles. The van der Waals surface area contributed by atoms with Crippen LogP contribution >= 0.6 is 11.8 Å². The predicted molar refractivity (Wildman–Crippen MR) is 113 cm³/mol. The van der Waals surface area contributed by atoms with Gasteiger partial charge in [0.05, 0.1) is 19.2 Å². The molecule has 3 amide bonds. The van der Waals surface area contributed by atoms with E-state index in [4.69, 9.17) is 10.8 Å². The Morgan fingerprint density at radius 1 is 1.07 bits per heavy atom. The first-order chi connectivity index (χ1) is 14.3. The third-order valence-corrected chi connectivity index (χ3v) is 4.76. The van der Waals surface area contributed by atoms with Crippen molar-refractivity contribution in [3.8, 4) is 0 Å². The van der Waals surface area contributed by atoms with Crippen molar-refractivity contribution in [1.29, 1.82) is 0 Å². The van der Waals surface area contributed by atoms with Crippen LogP contribution in [0.1, 0.15) is 12.0 Å². The lowest BCUT2D eigenvalue weighted by Gasteiger charge is -2.20. The summed E-state index contributed by atoms with van der Waals surface area (Å²) >= 11 is 1.43. The van der Waals surface area contributed by atoms with Crippen molar-refractivity contribution < 1.29 is 29.4 Å². The molecular weight excluding hydrogens is 412 g/mol. The Bertz CT molecular complexity index is 718. The highest BCUT2D eigenvalue weighted by molar-refractivity contribution is 7.98. The van der Waals surface area contributed by atoms with Crippen LogP contribution in [-0.2, 0) is 25.6 Å². The number of aliphatic hydroxyl groups is 1. The van der Waals surface area contributed by atoms with Gasteiger partial charge in [-0.1, -0.05) is 30.3 Å². The molecule has 0 saturated heterocycles. The monoisotopic (exact) mass is 440 g/mol. The van der Waals surface area contributed by atoms with Crippen molar-refractivity contribution in [2.75, 3.05) is 25.2 Å². The van der Waals surface area contributed by atoms with Crippen LogP contribution in [0.2, 0.25) is 0 Å². The highest BCUT2D eigenvalue weighted by Gasteiger charge is 2.26. The van der Waals surface area contributed by atoms with Crippen molar-refractivity contribution in [3.63, 3.8) is 0 Å². The number of amides is 3. The Balaban J connectivity index is 2.49. The largest absolute Gasteiger partial charge is 0.480 e. The van der Waals surface area contributed by atoms with Crippen LogP contribution in [0.4, 0.5) is 0 Å². The molecule has 0 saturated carbocycles. The van der Waals surface area contributed by atoms with Crippen LogP contribution in [0, 0.1) is 0 Å². The summed E-state index contributed by atoms with van der Waals surface area (Å²) in [5.41, 5.74) is 6.70. The number of benzene rings is 1. The molecule has 3 unspecified atom stereocenters. The second-order valence-electron chi connectivity index (χ2n) is 6.50. The lowest BCUT2D eigenvalue weighted by molar-refractivity contribution is -0.142. The van der Waals surface area contributed by atoms with Gasteiger partial charge in [-0.15, -0.1) is 0 Å². The van der Waals surface area contributed by atoms with E-state index in [0.717, 1.165) is 5.56 Å². The molecule has 0 aromatic heterocycles. The molecule has 0 bridgehead atoms. The van der Waals surface area contributed by atoms with Gasteiger partial charge in [-0.3, -0.25) is 14.4 Å². The van der Waals surface area contributed by atoms with Crippen LogP contribution in [0.15, 0.2) is 30.3 Å². The van der Waals surface area contributed by atoms with E-state index in [1.807, 2.05) is 30.3 Å². The maximum Gasteiger partial charge on any atom is 0.326 e. The maximum absolute atomic E-state index is 12.2. The number of hydrogen-bond acceptors (Lipinski definition) is 7. The molecule has 10 nitrogen and oxygen atoms in total. The summed E-state index contributed by atoms with van der Waals surface area (Å²) in [5, 5.41) is 25.4. The minimum absolute atomic E-state index is 0.198. The van der Waals surface area contributed by atoms with Gasteiger partial charge in [0.1, 0.15) is 12.1 Å². The standard InChI is InChI=1S/C19H28N4O6S/c1-30-8-7-14(19(28)29)23-18(27)15(11-24)22-16(25)10-21-17(26)13(20)9-12-5-3-2-4-6-12/h2-6,13-15,24H,7-11,20H2,1H3,(H,21,26)(H,22,25)(H,23,27)(H,28,29). The van der Waals surface area contributed by atoms with Crippen LogP contribution in [0.3, 0.4) is 0 Å². The van der Waals surface area contributed by atoms with Gasteiger partial charge in [-0.05, 0) is 30.4 Å². The summed E-state index contributed by atoms with van der Waals surface area (Å²) in [4.78, 5) is 47.5. The molecule has 0 aliphatic carbocycles. The van der Waals surface area contributed by atoms with E-state index in [1.165, 1.54) is 11.8 Å². The zero-order chi connectivity index (χ0) is 22.5. The van der Waals surface area contributed by atoms with Gasteiger partial charge in [-0.25, -0.2) is 4.79 Å². The highest BCUT2D eigenvalue weighted by atomic mass is 32.2. The third kappa shape index (κ3) is 9.25. The molecule has 0 fully saturated rings. The quantitative estimate of drug-likeness (QED) is 0.214. The van der Waals surface area contributed by atoms with Crippen LogP contribution in [0.25, 0.3) is 0 Å². The van der Waals surface area contributed by atoms with Gasteiger partial charge in [0.25, 0.3) is 0 Å². The van der Waals surface area contributed by atoms with Crippen molar-refractivity contribution in [3.05, 3.63) is 35.9 Å². The fraction of sp³-hybridized carbons (Fsp3) is 0.474. The Morgan fingerprint density at radius 2 is 1.73 bits per heavy atom. The van der Waals surface area contributed by atoms with E-state index < -0.39 is 55.0 Å². The first-order valence-corrected chi connectivity index (χ1v) is 10.7. The van der Waals surface area contributed by atoms with E-state index in [9.17, 15) is 24.3 Å². The fourth-order valence-electron chi connectivity index (χ4n) is 2.46. The molecule has 30 heavy (non-hydrogen) atoms. The summed E-state index contributed by atoms with van der Waals surface area (Å²) < 4.78 is 0. The average Bonchev–Trinajstić information content (AvgIpc) is 2.73. The van der Waals surface area contributed by atoms with E-state index in [1.54, 1.807) is 6.26 Å². The van der Waals surface area contributed by atoms with Crippen molar-refractivity contribution in [1.82, 2.24) is 16.0 Å². The number of carbonyl (C=O) groups excluding carboxylic acids is 3. The maximum atomic E-state index is 12.2. The Hall–Kier alpha value is -2.63. The SMILES string of the molecule is CSCCC(NC(=O)C(CO)NC(=O)CNC(=O)C(N)Cc1ccccc1)C(=O)O. The fourth-order valence-corrected chi connectivity index (χ4v) is 2.94. The third-order valence-electron chi connectivity index (χ3n) is 4.12. The smallest absolute Gasteiger partial charge is 0.326 e. The predicted octanol–water partition coefficient (Wildman–Crippen LogP) is -1.53. The topological polar surface area (TPSA) is 171 Å². The van der Waals surface area contributed by atoms with Crippen molar-refractivity contribution in [2.45, 2.75) is 31.0 Å². The zero-order valence-electron chi connectivity index (χ0n) is 16.7. The Morgan fingerprint density at radius 3 is 2.30 bits per heavy atom. The summed E-state index contributed by atoms with van der Waals surface area (Å²) in [6.45, 7) is -1.17. The number of nitrogens with two attached hydrogens (primary N) is 1. The molecule has 11 heteroatoms. The van der Waals surface area contributed by atoms with Gasteiger partial charge in [0.15, 0.2) is 0 Å². The van der Waals surface area contributed by atoms with Crippen molar-refractivity contribution >= 4 is 35.5 Å².